The van der Waals surface area contributed by atoms with Gasteiger partial charge in [0.15, 0.2) is 5.13 Å². The van der Waals surface area contributed by atoms with E-state index in [1.54, 1.807) is 31.5 Å². The molecule has 0 N–H and O–H groups in total. The number of aromatic nitrogens is 2. The summed E-state index contributed by atoms with van der Waals surface area (Å²) in [6, 6.07) is 13.2. The molecule has 6 nitrogen and oxygen atoms in total. The van der Waals surface area contributed by atoms with E-state index < -0.39 is 0 Å². The summed E-state index contributed by atoms with van der Waals surface area (Å²) in [6.45, 7) is 4.39. The van der Waals surface area contributed by atoms with Crippen molar-refractivity contribution in [3.63, 3.8) is 0 Å². The number of amides is 1. The Hall–Kier alpha value is -3.45. The highest BCUT2D eigenvalue weighted by Crippen LogP contribution is 2.40. The van der Waals surface area contributed by atoms with Crippen molar-refractivity contribution in [1.29, 1.82) is 0 Å². The number of pyridine rings is 1. The summed E-state index contributed by atoms with van der Waals surface area (Å²) in [5.74, 6) is 1.21. The van der Waals surface area contributed by atoms with Gasteiger partial charge in [0.1, 0.15) is 21.7 Å². The fraction of sp³-hybridized carbons (Fsp3) is 0.208. The first-order valence-electron chi connectivity index (χ1n) is 9.81. The Morgan fingerprint density at radius 3 is 2.48 bits per heavy atom. The van der Waals surface area contributed by atoms with Gasteiger partial charge in [0, 0.05) is 18.0 Å². The molecule has 2 aromatic heterocycles. The Kier molecular flexibility index (Phi) is 5.86. The van der Waals surface area contributed by atoms with Gasteiger partial charge < -0.3 is 9.47 Å². The number of benzene rings is 2. The van der Waals surface area contributed by atoms with E-state index in [0.717, 1.165) is 21.4 Å². The summed E-state index contributed by atoms with van der Waals surface area (Å²) in [5, 5.41) is 0.574. The van der Waals surface area contributed by atoms with Crippen LogP contribution in [0.5, 0.6) is 11.5 Å². The fourth-order valence-corrected chi connectivity index (χ4v) is 4.39. The summed E-state index contributed by atoms with van der Waals surface area (Å²) < 4.78 is 11.8. The lowest BCUT2D eigenvalue weighted by Crippen LogP contribution is -2.30. The van der Waals surface area contributed by atoms with Crippen molar-refractivity contribution in [3.05, 3.63) is 77.1 Å². The van der Waals surface area contributed by atoms with E-state index in [-0.39, 0.29) is 5.91 Å². The van der Waals surface area contributed by atoms with Crippen molar-refractivity contribution >= 4 is 32.6 Å². The quantitative estimate of drug-likeness (QED) is 0.420. The van der Waals surface area contributed by atoms with Crippen LogP contribution in [0.2, 0.25) is 0 Å². The second-order valence-corrected chi connectivity index (χ2v) is 8.17. The molecule has 4 rings (SSSR count). The van der Waals surface area contributed by atoms with Crippen LogP contribution in [-0.2, 0) is 6.54 Å². The summed E-state index contributed by atoms with van der Waals surface area (Å²) >= 11 is 1.40. The molecule has 2 heterocycles. The maximum atomic E-state index is 13.6. The molecule has 0 aliphatic heterocycles. The summed E-state index contributed by atoms with van der Waals surface area (Å²) in [6.07, 6.45) is 3.47. The molecule has 158 valence electrons. The Bertz CT molecular complexity index is 1200. The van der Waals surface area contributed by atoms with Gasteiger partial charge in [-0.3, -0.25) is 14.7 Å². The lowest BCUT2D eigenvalue weighted by atomic mass is 10.1. The van der Waals surface area contributed by atoms with Crippen LogP contribution in [0.25, 0.3) is 10.2 Å². The van der Waals surface area contributed by atoms with Crippen molar-refractivity contribution in [3.8, 4) is 11.5 Å². The summed E-state index contributed by atoms with van der Waals surface area (Å²) in [5.41, 5.74) is 4.42. The molecule has 0 aliphatic rings. The van der Waals surface area contributed by atoms with E-state index >= 15 is 0 Å². The van der Waals surface area contributed by atoms with E-state index in [9.17, 15) is 4.79 Å². The molecule has 7 heteroatoms. The number of methoxy groups -OCH3 is 2. The van der Waals surface area contributed by atoms with E-state index in [2.05, 4.69) is 4.98 Å². The molecule has 0 atom stereocenters. The molecule has 0 saturated carbocycles. The van der Waals surface area contributed by atoms with Crippen molar-refractivity contribution in [1.82, 2.24) is 9.97 Å². The molecule has 4 aromatic rings. The number of anilines is 1. The van der Waals surface area contributed by atoms with Crippen molar-refractivity contribution in [2.45, 2.75) is 20.4 Å². The van der Waals surface area contributed by atoms with Gasteiger partial charge in [-0.05, 0) is 60.9 Å². The number of carbonyl (C=O) groups is 1. The molecule has 1 amide bonds. The zero-order valence-electron chi connectivity index (χ0n) is 17.9. The van der Waals surface area contributed by atoms with Gasteiger partial charge in [-0.15, -0.1) is 0 Å². The topological polar surface area (TPSA) is 64.6 Å². The Morgan fingerprint density at radius 1 is 1.03 bits per heavy atom. The molecule has 0 spiro atoms. The first-order chi connectivity index (χ1) is 15.0. The number of thiazole rings is 1. The summed E-state index contributed by atoms with van der Waals surface area (Å²) in [4.78, 5) is 24.3. The van der Waals surface area contributed by atoms with Crippen LogP contribution in [0.3, 0.4) is 0 Å². The van der Waals surface area contributed by atoms with Gasteiger partial charge in [0.2, 0.25) is 0 Å². The summed E-state index contributed by atoms with van der Waals surface area (Å²) in [7, 11) is 3.22. The van der Waals surface area contributed by atoms with E-state index in [1.807, 2.05) is 56.3 Å². The fourth-order valence-electron chi connectivity index (χ4n) is 3.32. The van der Waals surface area contributed by atoms with E-state index in [0.29, 0.717) is 34.3 Å². The number of aryl methyl sites for hydroxylation is 2. The Balaban J connectivity index is 1.84. The monoisotopic (exact) mass is 433 g/mol. The maximum Gasteiger partial charge on any atom is 0.260 e. The molecule has 0 aliphatic carbocycles. The van der Waals surface area contributed by atoms with Gasteiger partial charge in [-0.25, -0.2) is 4.98 Å². The molecule has 0 unspecified atom stereocenters. The average molecular weight is 434 g/mol. The number of hydrogen-bond acceptors (Lipinski definition) is 6. The van der Waals surface area contributed by atoms with Gasteiger partial charge in [-0.2, -0.15) is 0 Å². The molecular weight excluding hydrogens is 410 g/mol. The van der Waals surface area contributed by atoms with Crippen LogP contribution in [0.1, 0.15) is 27.0 Å². The zero-order valence-corrected chi connectivity index (χ0v) is 18.7. The number of rotatable bonds is 6. The number of nitrogens with zero attached hydrogens (tertiary/aromatic N) is 3. The van der Waals surface area contributed by atoms with Crippen LogP contribution >= 0.6 is 11.3 Å². The molecule has 0 bridgehead atoms. The van der Waals surface area contributed by atoms with Crippen LogP contribution < -0.4 is 14.4 Å². The predicted molar refractivity (Wildman–Crippen MR) is 123 cm³/mol. The van der Waals surface area contributed by atoms with E-state index in [4.69, 9.17) is 14.5 Å². The third kappa shape index (κ3) is 4.09. The molecule has 31 heavy (non-hydrogen) atoms. The smallest absolute Gasteiger partial charge is 0.260 e. The van der Waals surface area contributed by atoms with Gasteiger partial charge >= 0.3 is 0 Å². The minimum atomic E-state index is -0.121. The van der Waals surface area contributed by atoms with Gasteiger partial charge in [0.05, 0.1) is 20.8 Å². The Morgan fingerprint density at radius 2 is 1.81 bits per heavy atom. The van der Waals surface area contributed by atoms with Crippen molar-refractivity contribution in [2.75, 3.05) is 19.1 Å². The standard InChI is InChI=1S/C24H23N3O3S/c1-15-7-8-18(12-16(15)2)23(28)27(14-17-6-5-11-25-13-17)24-26-21-19(29-3)9-10-20(30-4)22(21)31-24/h5-13H,14H2,1-4H3. The molecular formula is C24H23N3O3S. The lowest BCUT2D eigenvalue weighted by molar-refractivity contribution is 0.0985. The molecule has 0 radical (unpaired) electrons. The number of hydrogen-bond donors (Lipinski definition) is 0. The minimum Gasteiger partial charge on any atom is -0.495 e. The van der Waals surface area contributed by atoms with Crippen LogP contribution in [-0.4, -0.2) is 30.1 Å². The second-order valence-electron chi connectivity index (χ2n) is 7.20. The normalized spacial score (nSPS) is 10.8. The zero-order chi connectivity index (χ0) is 22.0. The van der Waals surface area contributed by atoms with Crippen LogP contribution in [0, 0.1) is 13.8 Å². The lowest BCUT2D eigenvalue weighted by Gasteiger charge is -2.20. The molecule has 2 aromatic carbocycles. The third-order valence-electron chi connectivity index (χ3n) is 5.19. The van der Waals surface area contributed by atoms with Crippen LogP contribution in [0.15, 0.2) is 54.9 Å². The maximum absolute atomic E-state index is 13.6. The highest BCUT2D eigenvalue weighted by Gasteiger charge is 2.24. The largest absolute Gasteiger partial charge is 0.495 e. The average Bonchev–Trinajstić information content (AvgIpc) is 3.24. The molecule has 0 fully saturated rings. The van der Waals surface area contributed by atoms with Crippen molar-refractivity contribution < 1.29 is 14.3 Å². The van der Waals surface area contributed by atoms with Gasteiger partial charge in [0.25, 0.3) is 5.91 Å². The second kappa shape index (κ2) is 8.73. The van der Waals surface area contributed by atoms with Crippen LogP contribution in [0.4, 0.5) is 5.13 Å². The highest BCUT2D eigenvalue weighted by molar-refractivity contribution is 7.22. The number of ether oxygens (including phenoxy) is 2. The first-order valence-corrected chi connectivity index (χ1v) is 10.6. The predicted octanol–water partition coefficient (Wildman–Crippen LogP) is 5.17. The SMILES string of the molecule is COc1ccc(OC)c2sc(N(Cc3cccnc3)C(=O)c3ccc(C)c(C)c3)nc12. The highest BCUT2D eigenvalue weighted by atomic mass is 32.1. The molecule has 0 saturated heterocycles. The number of carbonyl (C=O) groups excluding carboxylic acids is 1. The first kappa shape index (κ1) is 20.8. The van der Waals surface area contributed by atoms with Crippen molar-refractivity contribution in [2.24, 2.45) is 0 Å². The third-order valence-corrected chi connectivity index (χ3v) is 6.29. The van der Waals surface area contributed by atoms with E-state index in [1.165, 1.54) is 11.3 Å². The number of fused-ring (bicyclic) bond motifs is 1. The van der Waals surface area contributed by atoms with Gasteiger partial charge in [-0.1, -0.05) is 23.5 Å². The minimum absolute atomic E-state index is 0.121. The Labute approximate surface area is 185 Å².